The van der Waals surface area contributed by atoms with Crippen molar-refractivity contribution in [1.29, 1.82) is 0 Å². The zero-order valence-electron chi connectivity index (χ0n) is 16.8. The van der Waals surface area contributed by atoms with Gasteiger partial charge in [0.15, 0.2) is 11.5 Å². The Kier molecular flexibility index (Phi) is 6.95. The predicted octanol–water partition coefficient (Wildman–Crippen LogP) is 4.20. The number of anilines is 1. The zero-order valence-corrected chi connectivity index (χ0v) is 17.5. The molecule has 1 aromatic carbocycles. The summed E-state index contributed by atoms with van der Waals surface area (Å²) in [5, 5.41) is 3.95. The van der Waals surface area contributed by atoms with Crippen LogP contribution in [0.2, 0.25) is 5.02 Å². The summed E-state index contributed by atoms with van der Waals surface area (Å²) in [7, 11) is 1.59. The summed E-state index contributed by atoms with van der Waals surface area (Å²) in [6.45, 7) is 7.51. The van der Waals surface area contributed by atoms with E-state index in [9.17, 15) is 4.79 Å². The largest absolute Gasteiger partial charge is 0.493 e. The fourth-order valence-corrected chi connectivity index (χ4v) is 3.33. The number of aromatic amines is 1. The van der Waals surface area contributed by atoms with E-state index in [1.807, 2.05) is 0 Å². The maximum Gasteiger partial charge on any atom is 0.257 e. The number of aromatic nitrogens is 2. The standard InChI is InChI=1S/C21H25ClN4O3/c1-4-26(5-2)10-11-29-18-12-14(6-7-17(18)28-3)25-21(27)15-13-24-20-19(15)16(22)8-9-23-20/h6-9,12-13H,4-5,10-11H2,1-3H3,(H,23,24)(H,25,27). The first kappa shape index (κ1) is 21.0. The average Bonchev–Trinajstić information content (AvgIpc) is 3.17. The molecule has 2 aromatic heterocycles. The van der Waals surface area contributed by atoms with Gasteiger partial charge in [0.1, 0.15) is 12.3 Å². The fraction of sp³-hybridized carbons (Fsp3) is 0.333. The molecule has 0 aliphatic rings. The van der Waals surface area contributed by atoms with Gasteiger partial charge in [-0.3, -0.25) is 4.79 Å². The molecule has 29 heavy (non-hydrogen) atoms. The lowest BCUT2D eigenvalue weighted by atomic mass is 10.2. The molecule has 0 saturated carbocycles. The molecular weight excluding hydrogens is 392 g/mol. The number of benzene rings is 1. The summed E-state index contributed by atoms with van der Waals surface area (Å²) in [5.41, 5.74) is 1.60. The van der Waals surface area contributed by atoms with Gasteiger partial charge < -0.3 is 24.7 Å². The highest BCUT2D eigenvalue weighted by Gasteiger charge is 2.16. The number of fused-ring (bicyclic) bond motifs is 1. The van der Waals surface area contributed by atoms with Gasteiger partial charge in [-0.05, 0) is 31.3 Å². The zero-order chi connectivity index (χ0) is 20.8. The molecule has 0 aliphatic carbocycles. The maximum atomic E-state index is 12.8. The molecule has 2 heterocycles. The van der Waals surface area contributed by atoms with Gasteiger partial charge in [-0.1, -0.05) is 25.4 Å². The lowest BCUT2D eigenvalue weighted by Crippen LogP contribution is -2.28. The van der Waals surface area contributed by atoms with Crippen LogP contribution in [0.3, 0.4) is 0 Å². The van der Waals surface area contributed by atoms with Crippen molar-refractivity contribution in [2.45, 2.75) is 13.8 Å². The number of carbonyl (C=O) groups excluding carboxylic acids is 1. The average molecular weight is 417 g/mol. The van der Waals surface area contributed by atoms with Crippen LogP contribution in [0.25, 0.3) is 11.0 Å². The number of nitrogens with one attached hydrogen (secondary N) is 2. The van der Waals surface area contributed by atoms with E-state index >= 15 is 0 Å². The molecule has 8 heteroatoms. The van der Waals surface area contributed by atoms with Crippen LogP contribution in [-0.2, 0) is 0 Å². The summed E-state index contributed by atoms with van der Waals surface area (Å²) < 4.78 is 11.3. The lowest BCUT2D eigenvalue weighted by molar-refractivity contribution is 0.102. The van der Waals surface area contributed by atoms with E-state index in [0.29, 0.717) is 45.4 Å². The number of carbonyl (C=O) groups is 1. The second-order valence-electron chi connectivity index (χ2n) is 6.41. The number of ether oxygens (including phenoxy) is 2. The molecule has 0 bridgehead atoms. The van der Waals surface area contributed by atoms with Crippen molar-refractivity contribution in [2.75, 3.05) is 38.7 Å². The summed E-state index contributed by atoms with van der Waals surface area (Å²) in [5.74, 6) is 0.906. The molecule has 0 aliphatic heterocycles. The molecule has 3 aromatic rings. The number of likely N-dealkylation sites (N-methyl/N-ethyl adjacent to an activating group) is 1. The third-order valence-corrected chi connectivity index (χ3v) is 5.06. The van der Waals surface area contributed by atoms with E-state index in [0.717, 1.165) is 19.6 Å². The molecule has 1 amide bonds. The Bertz CT molecular complexity index is 985. The Hall–Kier alpha value is -2.77. The molecule has 0 radical (unpaired) electrons. The predicted molar refractivity (Wildman–Crippen MR) is 115 cm³/mol. The second-order valence-corrected chi connectivity index (χ2v) is 6.82. The summed E-state index contributed by atoms with van der Waals surface area (Å²) in [6.07, 6.45) is 3.19. The van der Waals surface area contributed by atoms with Gasteiger partial charge in [0, 0.05) is 30.7 Å². The number of rotatable bonds is 9. The summed E-state index contributed by atoms with van der Waals surface area (Å²) in [6, 6.07) is 6.95. The van der Waals surface area contributed by atoms with Crippen LogP contribution in [0.4, 0.5) is 5.69 Å². The van der Waals surface area contributed by atoms with E-state index in [-0.39, 0.29) is 5.91 Å². The van der Waals surface area contributed by atoms with Crippen molar-refractivity contribution in [1.82, 2.24) is 14.9 Å². The minimum atomic E-state index is -0.287. The number of hydrogen-bond donors (Lipinski definition) is 2. The van der Waals surface area contributed by atoms with Gasteiger partial charge in [0.05, 0.1) is 23.1 Å². The molecule has 3 rings (SSSR count). The van der Waals surface area contributed by atoms with Crippen molar-refractivity contribution in [3.63, 3.8) is 0 Å². The van der Waals surface area contributed by atoms with Gasteiger partial charge in [-0.15, -0.1) is 0 Å². The number of nitrogens with zero attached hydrogens (tertiary/aromatic N) is 2. The number of halogens is 1. The maximum absolute atomic E-state index is 12.8. The highest BCUT2D eigenvalue weighted by molar-refractivity contribution is 6.36. The Balaban J connectivity index is 1.75. The number of methoxy groups -OCH3 is 1. The minimum Gasteiger partial charge on any atom is -0.493 e. The first-order chi connectivity index (χ1) is 14.1. The van der Waals surface area contributed by atoms with Gasteiger partial charge in [0.2, 0.25) is 0 Å². The number of hydrogen-bond acceptors (Lipinski definition) is 5. The Morgan fingerprint density at radius 1 is 1.24 bits per heavy atom. The van der Waals surface area contributed by atoms with E-state index < -0.39 is 0 Å². The fourth-order valence-electron chi connectivity index (χ4n) is 3.09. The number of H-pyrrole nitrogens is 1. The molecule has 0 fully saturated rings. The van der Waals surface area contributed by atoms with Crippen molar-refractivity contribution < 1.29 is 14.3 Å². The molecule has 2 N–H and O–H groups in total. The summed E-state index contributed by atoms with van der Waals surface area (Å²) >= 11 is 6.24. The minimum absolute atomic E-state index is 0.287. The van der Waals surface area contributed by atoms with E-state index in [2.05, 4.69) is 34.0 Å². The van der Waals surface area contributed by atoms with Crippen molar-refractivity contribution >= 4 is 34.2 Å². The van der Waals surface area contributed by atoms with Crippen LogP contribution in [0.1, 0.15) is 24.2 Å². The van der Waals surface area contributed by atoms with Crippen molar-refractivity contribution in [3.8, 4) is 11.5 Å². The smallest absolute Gasteiger partial charge is 0.257 e. The Morgan fingerprint density at radius 2 is 2.03 bits per heavy atom. The molecule has 0 spiro atoms. The van der Waals surface area contributed by atoms with Crippen LogP contribution in [0.5, 0.6) is 11.5 Å². The molecule has 7 nitrogen and oxygen atoms in total. The third-order valence-electron chi connectivity index (χ3n) is 4.75. The van der Waals surface area contributed by atoms with Crippen LogP contribution >= 0.6 is 11.6 Å². The van der Waals surface area contributed by atoms with Gasteiger partial charge in [-0.25, -0.2) is 4.98 Å². The first-order valence-electron chi connectivity index (χ1n) is 9.53. The number of pyridine rings is 1. The molecule has 154 valence electrons. The Morgan fingerprint density at radius 3 is 2.76 bits per heavy atom. The normalized spacial score (nSPS) is 11.1. The van der Waals surface area contributed by atoms with Crippen LogP contribution < -0.4 is 14.8 Å². The highest BCUT2D eigenvalue weighted by Crippen LogP contribution is 2.31. The molecule has 0 saturated heterocycles. The third kappa shape index (κ3) is 4.81. The second kappa shape index (κ2) is 9.62. The SMILES string of the molecule is CCN(CC)CCOc1cc(NC(=O)c2c[nH]c3nccc(Cl)c23)ccc1OC. The highest BCUT2D eigenvalue weighted by atomic mass is 35.5. The van der Waals surface area contributed by atoms with Gasteiger partial charge in [-0.2, -0.15) is 0 Å². The molecule has 0 unspecified atom stereocenters. The first-order valence-corrected chi connectivity index (χ1v) is 9.91. The van der Waals surface area contributed by atoms with Crippen molar-refractivity contribution in [3.05, 3.63) is 47.2 Å². The summed E-state index contributed by atoms with van der Waals surface area (Å²) in [4.78, 5) is 22.2. The van der Waals surface area contributed by atoms with Crippen LogP contribution in [0.15, 0.2) is 36.7 Å². The van der Waals surface area contributed by atoms with Gasteiger partial charge >= 0.3 is 0 Å². The molecule has 0 atom stereocenters. The molecular formula is C21H25ClN4O3. The van der Waals surface area contributed by atoms with Crippen molar-refractivity contribution in [2.24, 2.45) is 0 Å². The Labute approximate surface area is 175 Å². The quantitative estimate of drug-likeness (QED) is 0.546. The topological polar surface area (TPSA) is 79.5 Å². The van der Waals surface area contributed by atoms with Gasteiger partial charge in [0.25, 0.3) is 5.91 Å². The lowest BCUT2D eigenvalue weighted by Gasteiger charge is -2.19. The number of amides is 1. The monoisotopic (exact) mass is 416 g/mol. The van der Waals surface area contributed by atoms with Crippen LogP contribution in [0, 0.1) is 0 Å². The van der Waals surface area contributed by atoms with E-state index in [1.54, 1.807) is 43.8 Å². The van der Waals surface area contributed by atoms with E-state index in [1.165, 1.54) is 0 Å². The van der Waals surface area contributed by atoms with Crippen LogP contribution in [-0.4, -0.2) is 54.1 Å². The van der Waals surface area contributed by atoms with E-state index in [4.69, 9.17) is 21.1 Å².